The molecule has 4 nitrogen and oxygen atoms in total. The molecule has 0 unspecified atom stereocenters. The van der Waals surface area contributed by atoms with Gasteiger partial charge in [0, 0.05) is 13.1 Å². The molecule has 1 heterocycles. The van der Waals surface area contributed by atoms with Crippen LogP contribution in [0.25, 0.3) is 0 Å². The maximum atomic E-state index is 5.83. The molecule has 1 aromatic carbocycles. The Morgan fingerprint density at radius 3 is 2.63 bits per heavy atom. The minimum atomic E-state index is 0.700. The topological polar surface area (TPSA) is 43.4 Å². The van der Waals surface area contributed by atoms with Crippen LogP contribution in [0.1, 0.15) is 10.6 Å². The normalized spacial score (nSPS) is 10.5. The van der Waals surface area contributed by atoms with Crippen molar-refractivity contribution in [3.8, 4) is 11.5 Å². The molecule has 6 heteroatoms. The lowest BCUT2D eigenvalue weighted by Crippen LogP contribution is -2.12. The second kappa shape index (κ2) is 6.75. The lowest BCUT2D eigenvalue weighted by molar-refractivity contribution is 0.354. The summed E-state index contributed by atoms with van der Waals surface area (Å²) in [7, 11) is 3.26. The number of nitrogens with zero attached hydrogens (tertiary/aromatic N) is 1. The molecular weight excluding hydrogens is 284 g/mol. The van der Waals surface area contributed by atoms with Gasteiger partial charge in [0.1, 0.15) is 9.34 Å². The van der Waals surface area contributed by atoms with Crippen LogP contribution in [-0.2, 0) is 13.1 Å². The van der Waals surface area contributed by atoms with Crippen molar-refractivity contribution in [1.29, 1.82) is 0 Å². The lowest BCUT2D eigenvalue weighted by Gasteiger charge is -2.09. The summed E-state index contributed by atoms with van der Waals surface area (Å²) >= 11 is 7.31. The van der Waals surface area contributed by atoms with Crippen molar-refractivity contribution in [2.75, 3.05) is 14.2 Å². The molecule has 0 amide bonds. The third-order valence-electron chi connectivity index (χ3n) is 2.58. The summed E-state index contributed by atoms with van der Waals surface area (Å²) < 4.78 is 11.2. The van der Waals surface area contributed by atoms with E-state index in [2.05, 4.69) is 10.3 Å². The largest absolute Gasteiger partial charge is 0.493 e. The van der Waals surface area contributed by atoms with Gasteiger partial charge in [-0.05, 0) is 17.7 Å². The molecule has 102 valence electrons. The molecule has 2 aromatic rings. The van der Waals surface area contributed by atoms with E-state index < -0.39 is 0 Å². The van der Waals surface area contributed by atoms with Crippen LogP contribution >= 0.6 is 22.9 Å². The average Bonchev–Trinajstić information content (AvgIpc) is 2.84. The first-order valence-electron chi connectivity index (χ1n) is 5.74. The zero-order valence-electron chi connectivity index (χ0n) is 10.8. The molecule has 19 heavy (non-hydrogen) atoms. The van der Waals surface area contributed by atoms with Gasteiger partial charge >= 0.3 is 0 Å². The highest BCUT2D eigenvalue weighted by Gasteiger charge is 2.05. The van der Waals surface area contributed by atoms with E-state index in [4.69, 9.17) is 21.1 Å². The number of benzene rings is 1. The second-order valence-electron chi connectivity index (χ2n) is 3.85. The van der Waals surface area contributed by atoms with Crippen LogP contribution < -0.4 is 14.8 Å². The summed E-state index contributed by atoms with van der Waals surface area (Å²) in [5, 5.41) is 4.29. The van der Waals surface area contributed by atoms with E-state index in [1.165, 1.54) is 11.3 Å². The minimum Gasteiger partial charge on any atom is -0.493 e. The molecule has 0 saturated heterocycles. The van der Waals surface area contributed by atoms with Crippen molar-refractivity contribution < 1.29 is 9.47 Å². The summed E-state index contributed by atoms with van der Waals surface area (Å²) in [5.74, 6) is 1.47. The summed E-state index contributed by atoms with van der Waals surface area (Å²) in [4.78, 5) is 4.19. The third kappa shape index (κ3) is 3.83. The predicted octanol–water partition coefficient (Wildman–Crippen LogP) is 3.10. The molecule has 0 aliphatic heterocycles. The van der Waals surface area contributed by atoms with E-state index in [9.17, 15) is 0 Å². The predicted molar refractivity (Wildman–Crippen MR) is 77.2 cm³/mol. The molecule has 0 radical (unpaired) electrons. The lowest BCUT2D eigenvalue weighted by atomic mass is 10.2. The van der Waals surface area contributed by atoms with E-state index in [1.807, 2.05) is 18.2 Å². The summed E-state index contributed by atoms with van der Waals surface area (Å²) in [6.07, 6.45) is 1.67. The van der Waals surface area contributed by atoms with Crippen molar-refractivity contribution in [1.82, 2.24) is 10.3 Å². The summed E-state index contributed by atoms with van der Waals surface area (Å²) in [6, 6.07) is 5.86. The van der Waals surface area contributed by atoms with Crippen molar-refractivity contribution in [3.63, 3.8) is 0 Å². The molecular formula is C13H15ClN2O2S. The standard InChI is InChI=1S/C13H15ClN2O2S/c1-17-10-4-3-9(5-11(10)18-2)6-15-8-13-16-7-12(14)19-13/h3-5,7,15H,6,8H2,1-2H3. The Hall–Kier alpha value is -1.30. The number of ether oxygens (including phenoxy) is 2. The fraction of sp³-hybridized carbons (Fsp3) is 0.308. The Balaban J connectivity index is 1.92. The highest BCUT2D eigenvalue weighted by atomic mass is 35.5. The third-order valence-corrected chi connectivity index (χ3v) is 3.69. The van der Waals surface area contributed by atoms with Gasteiger partial charge in [0.25, 0.3) is 0 Å². The quantitative estimate of drug-likeness (QED) is 0.890. The van der Waals surface area contributed by atoms with E-state index in [0.717, 1.165) is 28.6 Å². The smallest absolute Gasteiger partial charge is 0.161 e. The fourth-order valence-electron chi connectivity index (χ4n) is 1.67. The molecule has 0 aliphatic rings. The Morgan fingerprint density at radius 2 is 2.00 bits per heavy atom. The van der Waals surface area contributed by atoms with Crippen molar-refractivity contribution >= 4 is 22.9 Å². The van der Waals surface area contributed by atoms with E-state index in [1.54, 1.807) is 20.4 Å². The van der Waals surface area contributed by atoms with Gasteiger partial charge < -0.3 is 14.8 Å². The number of aromatic nitrogens is 1. The SMILES string of the molecule is COc1ccc(CNCc2ncc(Cl)s2)cc1OC. The van der Waals surface area contributed by atoms with Gasteiger partial charge in [-0.2, -0.15) is 0 Å². The summed E-state index contributed by atoms with van der Waals surface area (Å²) in [6.45, 7) is 1.43. The molecule has 0 atom stereocenters. The van der Waals surface area contributed by atoms with Gasteiger partial charge in [-0.3, -0.25) is 0 Å². The van der Waals surface area contributed by atoms with Gasteiger partial charge in [-0.15, -0.1) is 11.3 Å². The fourth-order valence-corrected chi connectivity index (χ4v) is 2.60. The van der Waals surface area contributed by atoms with Crippen molar-refractivity contribution in [2.24, 2.45) is 0 Å². The molecule has 0 saturated carbocycles. The van der Waals surface area contributed by atoms with Crippen molar-refractivity contribution in [3.05, 3.63) is 39.3 Å². The highest BCUT2D eigenvalue weighted by Crippen LogP contribution is 2.27. The highest BCUT2D eigenvalue weighted by molar-refractivity contribution is 7.15. The Kier molecular flexibility index (Phi) is 5.01. The Morgan fingerprint density at radius 1 is 1.21 bits per heavy atom. The molecule has 0 spiro atoms. The number of hydrogen-bond acceptors (Lipinski definition) is 5. The van der Waals surface area contributed by atoms with Crippen LogP contribution in [0.3, 0.4) is 0 Å². The first-order valence-corrected chi connectivity index (χ1v) is 6.94. The Labute approximate surface area is 121 Å². The number of thiazole rings is 1. The molecule has 1 aromatic heterocycles. The molecule has 2 rings (SSSR count). The average molecular weight is 299 g/mol. The number of rotatable bonds is 6. The van der Waals surface area contributed by atoms with E-state index in [-0.39, 0.29) is 0 Å². The number of nitrogens with one attached hydrogen (secondary N) is 1. The van der Waals surface area contributed by atoms with E-state index in [0.29, 0.717) is 10.9 Å². The first kappa shape index (κ1) is 14.1. The molecule has 0 fully saturated rings. The maximum Gasteiger partial charge on any atom is 0.161 e. The van der Waals surface area contributed by atoms with Crippen LogP contribution in [0.4, 0.5) is 0 Å². The maximum absolute atomic E-state index is 5.83. The number of hydrogen-bond donors (Lipinski definition) is 1. The van der Waals surface area contributed by atoms with Crippen LogP contribution in [0.15, 0.2) is 24.4 Å². The summed E-state index contributed by atoms with van der Waals surface area (Å²) in [5.41, 5.74) is 1.13. The number of methoxy groups -OCH3 is 2. The van der Waals surface area contributed by atoms with E-state index >= 15 is 0 Å². The second-order valence-corrected chi connectivity index (χ2v) is 5.60. The van der Waals surface area contributed by atoms with Crippen LogP contribution in [0.5, 0.6) is 11.5 Å². The monoisotopic (exact) mass is 298 g/mol. The molecule has 0 bridgehead atoms. The zero-order chi connectivity index (χ0) is 13.7. The van der Waals surface area contributed by atoms with Gasteiger partial charge in [0.2, 0.25) is 0 Å². The first-order chi connectivity index (χ1) is 9.22. The minimum absolute atomic E-state index is 0.700. The molecule has 0 aliphatic carbocycles. The van der Waals surface area contributed by atoms with Crippen LogP contribution in [0, 0.1) is 0 Å². The van der Waals surface area contributed by atoms with Gasteiger partial charge in [0.05, 0.1) is 20.4 Å². The van der Waals surface area contributed by atoms with Crippen LogP contribution in [0.2, 0.25) is 4.34 Å². The Bertz CT molecular complexity index is 545. The zero-order valence-corrected chi connectivity index (χ0v) is 12.3. The van der Waals surface area contributed by atoms with Gasteiger partial charge in [0.15, 0.2) is 11.5 Å². The molecule has 1 N–H and O–H groups in total. The number of halogens is 1. The van der Waals surface area contributed by atoms with Gasteiger partial charge in [-0.25, -0.2) is 4.98 Å². The van der Waals surface area contributed by atoms with Gasteiger partial charge in [-0.1, -0.05) is 17.7 Å². The van der Waals surface area contributed by atoms with Crippen molar-refractivity contribution in [2.45, 2.75) is 13.1 Å². The van der Waals surface area contributed by atoms with Crippen LogP contribution in [-0.4, -0.2) is 19.2 Å².